The van der Waals surface area contributed by atoms with Crippen LogP contribution in [0.5, 0.6) is 17.2 Å². The lowest BCUT2D eigenvalue weighted by molar-refractivity contribution is -0.129. The van der Waals surface area contributed by atoms with Gasteiger partial charge in [-0.2, -0.15) is 0 Å². The second-order valence-electron chi connectivity index (χ2n) is 6.91. The minimum atomic E-state index is -0.595. The molecule has 0 unspecified atom stereocenters. The first-order valence-corrected chi connectivity index (χ1v) is 9.05. The Balaban J connectivity index is 1.60. The van der Waals surface area contributed by atoms with E-state index in [1.807, 2.05) is 62.4 Å². The maximum absolute atomic E-state index is 12.7. The van der Waals surface area contributed by atoms with Crippen molar-refractivity contribution in [3.63, 3.8) is 0 Å². The molecular weight excluding hydrogens is 344 g/mol. The maximum atomic E-state index is 12.7. The summed E-state index contributed by atoms with van der Waals surface area (Å²) in [6.45, 7) is 6.72. The van der Waals surface area contributed by atoms with Gasteiger partial charge in [0.2, 0.25) is 5.91 Å². The molecule has 2 aromatic rings. The summed E-state index contributed by atoms with van der Waals surface area (Å²) in [7, 11) is 1.63. The molecule has 6 heteroatoms. The SMILES string of the molecule is COc1ccc(Oc2ccc(NC(=O)C(C)(C)N3CCOCC3)cc2)cc1. The van der Waals surface area contributed by atoms with Gasteiger partial charge in [0.05, 0.1) is 25.9 Å². The molecule has 0 aliphatic carbocycles. The molecule has 0 aromatic heterocycles. The second kappa shape index (κ2) is 8.41. The minimum absolute atomic E-state index is 0.0341. The number of anilines is 1. The molecule has 1 heterocycles. The molecule has 1 saturated heterocycles. The second-order valence-corrected chi connectivity index (χ2v) is 6.91. The van der Waals surface area contributed by atoms with Crippen LogP contribution in [0.2, 0.25) is 0 Å². The van der Waals surface area contributed by atoms with Crippen LogP contribution >= 0.6 is 0 Å². The van der Waals surface area contributed by atoms with E-state index >= 15 is 0 Å². The lowest BCUT2D eigenvalue weighted by atomic mass is 10.0. The molecule has 3 rings (SSSR count). The van der Waals surface area contributed by atoms with E-state index in [-0.39, 0.29) is 5.91 Å². The fourth-order valence-electron chi connectivity index (χ4n) is 2.94. The quantitative estimate of drug-likeness (QED) is 0.843. The lowest BCUT2D eigenvalue weighted by Gasteiger charge is -2.39. The molecule has 1 fully saturated rings. The molecule has 1 N–H and O–H groups in total. The van der Waals surface area contributed by atoms with Gasteiger partial charge in [0.15, 0.2) is 0 Å². The van der Waals surface area contributed by atoms with Crippen molar-refractivity contribution < 1.29 is 19.0 Å². The van der Waals surface area contributed by atoms with Crippen LogP contribution < -0.4 is 14.8 Å². The molecule has 0 bridgehead atoms. The summed E-state index contributed by atoms with van der Waals surface area (Å²) in [6, 6.07) is 14.7. The van der Waals surface area contributed by atoms with Crippen LogP contribution in [0.1, 0.15) is 13.8 Å². The zero-order valence-corrected chi connectivity index (χ0v) is 16.0. The Hall–Kier alpha value is -2.57. The summed E-state index contributed by atoms with van der Waals surface area (Å²) in [5.41, 5.74) is 0.144. The number of carbonyl (C=O) groups excluding carboxylic acids is 1. The zero-order chi connectivity index (χ0) is 19.3. The van der Waals surface area contributed by atoms with E-state index in [1.165, 1.54) is 0 Å². The fraction of sp³-hybridized carbons (Fsp3) is 0.381. The van der Waals surface area contributed by atoms with Gasteiger partial charge in [-0.15, -0.1) is 0 Å². The third-order valence-electron chi connectivity index (χ3n) is 4.76. The number of rotatable bonds is 6. The third-order valence-corrected chi connectivity index (χ3v) is 4.76. The van der Waals surface area contributed by atoms with E-state index in [1.54, 1.807) is 7.11 Å². The van der Waals surface area contributed by atoms with Crippen LogP contribution in [-0.4, -0.2) is 49.8 Å². The molecule has 0 saturated carbocycles. The van der Waals surface area contributed by atoms with Crippen molar-refractivity contribution in [3.05, 3.63) is 48.5 Å². The average molecular weight is 370 g/mol. The smallest absolute Gasteiger partial charge is 0.244 e. The molecule has 2 aromatic carbocycles. The Kier molecular flexibility index (Phi) is 5.98. The van der Waals surface area contributed by atoms with E-state index in [9.17, 15) is 4.79 Å². The number of hydrogen-bond donors (Lipinski definition) is 1. The van der Waals surface area contributed by atoms with Crippen LogP contribution in [0.25, 0.3) is 0 Å². The highest BCUT2D eigenvalue weighted by molar-refractivity contribution is 5.97. The van der Waals surface area contributed by atoms with Gasteiger partial charge in [-0.05, 0) is 62.4 Å². The van der Waals surface area contributed by atoms with E-state index in [2.05, 4.69) is 10.2 Å². The van der Waals surface area contributed by atoms with Crippen molar-refractivity contribution in [1.82, 2.24) is 4.90 Å². The molecule has 6 nitrogen and oxygen atoms in total. The largest absolute Gasteiger partial charge is 0.497 e. The first kappa shape index (κ1) is 19.2. The highest BCUT2D eigenvalue weighted by Crippen LogP contribution is 2.26. The number of nitrogens with one attached hydrogen (secondary N) is 1. The summed E-state index contributed by atoms with van der Waals surface area (Å²) < 4.78 is 16.3. The van der Waals surface area contributed by atoms with Crippen molar-refractivity contribution in [2.75, 3.05) is 38.7 Å². The molecule has 1 aliphatic rings. The van der Waals surface area contributed by atoms with Gasteiger partial charge in [0, 0.05) is 18.8 Å². The number of nitrogens with zero attached hydrogens (tertiary/aromatic N) is 1. The monoisotopic (exact) mass is 370 g/mol. The normalized spacial score (nSPS) is 15.2. The number of benzene rings is 2. The van der Waals surface area contributed by atoms with Crippen molar-refractivity contribution in [2.24, 2.45) is 0 Å². The summed E-state index contributed by atoms with van der Waals surface area (Å²) in [4.78, 5) is 14.9. The number of carbonyl (C=O) groups is 1. The molecule has 27 heavy (non-hydrogen) atoms. The Morgan fingerprint density at radius 1 is 0.963 bits per heavy atom. The molecule has 1 aliphatic heterocycles. The first-order valence-electron chi connectivity index (χ1n) is 9.05. The average Bonchev–Trinajstić information content (AvgIpc) is 2.70. The number of amides is 1. The minimum Gasteiger partial charge on any atom is -0.497 e. The first-order chi connectivity index (χ1) is 13.0. The topological polar surface area (TPSA) is 60.0 Å². The van der Waals surface area contributed by atoms with Crippen LogP contribution in [0.15, 0.2) is 48.5 Å². The van der Waals surface area contributed by atoms with Crippen LogP contribution in [-0.2, 0) is 9.53 Å². The number of methoxy groups -OCH3 is 1. The highest BCUT2D eigenvalue weighted by atomic mass is 16.5. The van der Waals surface area contributed by atoms with Crippen LogP contribution in [0.3, 0.4) is 0 Å². The summed E-state index contributed by atoms with van der Waals surface area (Å²) in [6.07, 6.45) is 0. The Labute approximate surface area is 160 Å². The van der Waals surface area contributed by atoms with E-state index in [0.717, 1.165) is 30.3 Å². The zero-order valence-electron chi connectivity index (χ0n) is 16.0. The van der Waals surface area contributed by atoms with Crippen LogP contribution in [0, 0.1) is 0 Å². The molecule has 0 radical (unpaired) electrons. The van der Waals surface area contributed by atoms with Gasteiger partial charge in [0.25, 0.3) is 0 Å². The van der Waals surface area contributed by atoms with E-state index < -0.39 is 5.54 Å². The van der Waals surface area contributed by atoms with E-state index in [0.29, 0.717) is 19.0 Å². The van der Waals surface area contributed by atoms with Gasteiger partial charge in [-0.3, -0.25) is 9.69 Å². The number of hydrogen-bond acceptors (Lipinski definition) is 5. The van der Waals surface area contributed by atoms with Gasteiger partial charge in [-0.25, -0.2) is 0 Å². The van der Waals surface area contributed by atoms with Crippen LogP contribution in [0.4, 0.5) is 5.69 Å². The van der Waals surface area contributed by atoms with Crippen molar-refractivity contribution in [2.45, 2.75) is 19.4 Å². The Bertz CT molecular complexity index is 751. The summed E-state index contributed by atoms with van der Waals surface area (Å²) in [5.74, 6) is 2.17. The molecule has 144 valence electrons. The predicted octanol–water partition coefficient (Wildman–Crippen LogP) is 3.54. The molecule has 1 amide bonds. The highest BCUT2D eigenvalue weighted by Gasteiger charge is 2.35. The van der Waals surface area contributed by atoms with E-state index in [4.69, 9.17) is 14.2 Å². The molecular formula is C21H26N2O4. The van der Waals surface area contributed by atoms with Crippen molar-refractivity contribution >= 4 is 11.6 Å². The van der Waals surface area contributed by atoms with Crippen molar-refractivity contribution in [3.8, 4) is 17.2 Å². The molecule has 0 spiro atoms. The Morgan fingerprint density at radius 2 is 1.48 bits per heavy atom. The maximum Gasteiger partial charge on any atom is 0.244 e. The summed E-state index contributed by atoms with van der Waals surface area (Å²) >= 11 is 0. The lowest BCUT2D eigenvalue weighted by Crippen LogP contribution is -2.56. The number of morpholine rings is 1. The van der Waals surface area contributed by atoms with Gasteiger partial charge in [0.1, 0.15) is 17.2 Å². The van der Waals surface area contributed by atoms with Gasteiger partial charge < -0.3 is 19.5 Å². The third kappa shape index (κ3) is 4.78. The van der Waals surface area contributed by atoms with Gasteiger partial charge >= 0.3 is 0 Å². The predicted molar refractivity (Wildman–Crippen MR) is 105 cm³/mol. The van der Waals surface area contributed by atoms with Crippen molar-refractivity contribution in [1.29, 1.82) is 0 Å². The molecule has 0 atom stereocenters. The fourth-order valence-corrected chi connectivity index (χ4v) is 2.94. The standard InChI is InChI=1S/C21H26N2O4/c1-21(2,23-12-14-26-15-13-23)20(24)22-16-4-6-18(7-5-16)27-19-10-8-17(25-3)9-11-19/h4-11H,12-15H2,1-3H3,(H,22,24). The summed E-state index contributed by atoms with van der Waals surface area (Å²) in [5, 5.41) is 2.99. The Morgan fingerprint density at radius 3 is 2.04 bits per heavy atom. The van der Waals surface area contributed by atoms with Gasteiger partial charge in [-0.1, -0.05) is 0 Å². The number of ether oxygens (including phenoxy) is 3.